The first-order valence-electron chi connectivity index (χ1n) is 15.4. The molecule has 0 heteroatoms. The fraction of sp³-hybridized carbons (Fsp3) is 0.938. The standard InChI is InChI=1S/C32H63/c1-4-6-8-10-12-14-16-17-18-19-21-23-25-27-29-31-32(3)30-28-26-24-22-20-15-13-11-9-7-5-2/h4-29,31H2,1-3H3. The first-order chi connectivity index (χ1) is 15.8. The maximum Gasteiger partial charge on any atom is -0.0277 e. The van der Waals surface area contributed by atoms with Gasteiger partial charge in [-0.2, -0.15) is 0 Å². The second-order valence-corrected chi connectivity index (χ2v) is 10.6. The van der Waals surface area contributed by atoms with E-state index < -0.39 is 0 Å². The largest absolute Gasteiger partial charge is 0.0698 e. The summed E-state index contributed by atoms with van der Waals surface area (Å²) in [5.41, 5.74) is 1.52. The second-order valence-electron chi connectivity index (χ2n) is 10.6. The quantitative estimate of drug-likeness (QED) is 0.110. The second kappa shape index (κ2) is 28.8. The molecule has 0 saturated heterocycles. The van der Waals surface area contributed by atoms with Gasteiger partial charge in [-0.25, -0.2) is 0 Å². The predicted molar refractivity (Wildman–Crippen MR) is 148 cm³/mol. The van der Waals surface area contributed by atoms with Gasteiger partial charge in [0.05, 0.1) is 0 Å². The summed E-state index contributed by atoms with van der Waals surface area (Å²) in [4.78, 5) is 0. The number of unbranched alkanes of at least 4 members (excludes halogenated alkanes) is 24. The minimum absolute atomic E-state index is 1.20. The third-order valence-electron chi connectivity index (χ3n) is 7.11. The lowest BCUT2D eigenvalue weighted by Gasteiger charge is -2.04. The summed E-state index contributed by atoms with van der Waals surface area (Å²) in [6.07, 6.45) is 42.2. The minimum atomic E-state index is 1.20. The highest BCUT2D eigenvalue weighted by Crippen LogP contribution is 2.16. The zero-order valence-corrected chi connectivity index (χ0v) is 23.1. The molecular weight excluding hydrogens is 384 g/mol. The third-order valence-corrected chi connectivity index (χ3v) is 7.11. The average Bonchev–Trinajstić information content (AvgIpc) is 2.80. The lowest BCUT2D eigenvalue weighted by atomic mass is 10.0. The van der Waals surface area contributed by atoms with Crippen molar-refractivity contribution >= 4 is 0 Å². The molecule has 0 aromatic heterocycles. The third kappa shape index (κ3) is 27.8. The molecule has 0 aliphatic carbocycles. The van der Waals surface area contributed by atoms with E-state index in [1.165, 1.54) is 179 Å². The van der Waals surface area contributed by atoms with E-state index in [0.29, 0.717) is 0 Å². The van der Waals surface area contributed by atoms with E-state index in [1.807, 2.05) is 0 Å². The molecule has 0 aliphatic heterocycles. The topological polar surface area (TPSA) is 0 Å². The molecule has 0 spiro atoms. The molecule has 0 aliphatic rings. The van der Waals surface area contributed by atoms with Crippen LogP contribution in [0.5, 0.6) is 0 Å². The van der Waals surface area contributed by atoms with Crippen molar-refractivity contribution < 1.29 is 0 Å². The highest BCUT2D eigenvalue weighted by Gasteiger charge is 1.96. The number of rotatable bonds is 27. The van der Waals surface area contributed by atoms with Crippen LogP contribution in [0.4, 0.5) is 0 Å². The van der Waals surface area contributed by atoms with Gasteiger partial charge in [-0.15, -0.1) is 0 Å². The molecule has 0 heterocycles. The minimum Gasteiger partial charge on any atom is -0.0698 e. The van der Waals surface area contributed by atoms with Gasteiger partial charge in [0.2, 0.25) is 0 Å². The summed E-state index contributed by atoms with van der Waals surface area (Å²) >= 11 is 0. The van der Waals surface area contributed by atoms with Crippen LogP contribution in [0.3, 0.4) is 0 Å². The molecule has 0 rings (SSSR count). The Morgan fingerprint density at radius 3 is 1.00 bits per heavy atom. The summed E-state index contributed by atoms with van der Waals surface area (Å²) < 4.78 is 0. The SMILES string of the molecule is CCCCCCCCCCCC/[C]=C(\C)CCCCCCCCCCCCCCCCC. The van der Waals surface area contributed by atoms with Crippen LogP contribution in [0.15, 0.2) is 5.57 Å². The molecule has 0 nitrogen and oxygen atoms in total. The van der Waals surface area contributed by atoms with Gasteiger partial charge in [-0.05, 0) is 38.7 Å². The van der Waals surface area contributed by atoms with Crippen LogP contribution < -0.4 is 0 Å². The van der Waals surface area contributed by atoms with Crippen molar-refractivity contribution in [2.75, 3.05) is 0 Å². The summed E-state index contributed by atoms with van der Waals surface area (Å²) in [6.45, 7) is 6.91. The molecule has 0 bridgehead atoms. The Balaban J connectivity index is 3.21. The fourth-order valence-corrected chi connectivity index (χ4v) is 4.76. The van der Waals surface area contributed by atoms with Crippen molar-refractivity contribution in [2.24, 2.45) is 0 Å². The van der Waals surface area contributed by atoms with Crippen molar-refractivity contribution in [3.8, 4) is 0 Å². The smallest absolute Gasteiger partial charge is 0.0277 e. The van der Waals surface area contributed by atoms with E-state index in [2.05, 4.69) is 26.8 Å². The van der Waals surface area contributed by atoms with Gasteiger partial charge >= 0.3 is 0 Å². The van der Waals surface area contributed by atoms with Crippen molar-refractivity contribution in [3.63, 3.8) is 0 Å². The average molecular weight is 448 g/mol. The monoisotopic (exact) mass is 447 g/mol. The Labute approximate surface area is 205 Å². The van der Waals surface area contributed by atoms with E-state index in [0.717, 1.165) is 0 Å². The predicted octanol–water partition coefficient (Wildman–Crippen LogP) is 12.3. The Kier molecular flexibility index (Phi) is 28.5. The van der Waals surface area contributed by atoms with Gasteiger partial charge < -0.3 is 0 Å². The van der Waals surface area contributed by atoms with E-state index in [-0.39, 0.29) is 0 Å². The van der Waals surface area contributed by atoms with Crippen molar-refractivity contribution in [3.05, 3.63) is 11.6 Å². The molecule has 191 valence electrons. The summed E-state index contributed by atoms with van der Waals surface area (Å²) in [7, 11) is 0. The maximum absolute atomic E-state index is 3.67. The van der Waals surface area contributed by atoms with E-state index in [1.54, 1.807) is 0 Å². The molecule has 0 aromatic carbocycles. The lowest BCUT2D eigenvalue weighted by Crippen LogP contribution is -1.85. The number of hydrogen-bond acceptors (Lipinski definition) is 0. The van der Waals surface area contributed by atoms with Gasteiger partial charge in [0.15, 0.2) is 0 Å². The van der Waals surface area contributed by atoms with Crippen LogP contribution in [-0.2, 0) is 0 Å². The Hall–Kier alpha value is -0.260. The molecular formula is C32H63. The molecule has 0 atom stereocenters. The molecule has 0 unspecified atom stereocenters. The van der Waals surface area contributed by atoms with Gasteiger partial charge in [0, 0.05) is 0 Å². The molecule has 0 amide bonds. The summed E-state index contributed by atoms with van der Waals surface area (Å²) in [5, 5.41) is 0. The Morgan fingerprint density at radius 1 is 0.375 bits per heavy atom. The van der Waals surface area contributed by atoms with Crippen LogP contribution >= 0.6 is 0 Å². The first kappa shape index (κ1) is 31.7. The van der Waals surface area contributed by atoms with Crippen molar-refractivity contribution in [2.45, 2.75) is 194 Å². The van der Waals surface area contributed by atoms with Crippen LogP contribution in [0.25, 0.3) is 0 Å². The zero-order valence-electron chi connectivity index (χ0n) is 23.1. The van der Waals surface area contributed by atoms with Gasteiger partial charge in [-0.3, -0.25) is 0 Å². The van der Waals surface area contributed by atoms with Crippen LogP contribution in [0, 0.1) is 6.08 Å². The highest BCUT2D eigenvalue weighted by molar-refractivity contribution is 4.91. The summed E-state index contributed by atoms with van der Waals surface area (Å²) in [5.74, 6) is 0. The Morgan fingerprint density at radius 2 is 0.656 bits per heavy atom. The molecule has 0 aromatic rings. The summed E-state index contributed by atoms with van der Waals surface area (Å²) in [6, 6.07) is 0. The maximum atomic E-state index is 3.67. The van der Waals surface area contributed by atoms with Gasteiger partial charge in [0.1, 0.15) is 0 Å². The van der Waals surface area contributed by atoms with E-state index in [9.17, 15) is 0 Å². The van der Waals surface area contributed by atoms with E-state index in [4.69, 9.17) is 0 Å². The van der Waals surface area contributed by atoms with Crippen LogP contribution in [0.1, 0.15) is 194 Å². The van der Waals surface area contributed by atoms with Crippen molar-refractivity contribution in [1.29, 1.82) is 0 Å². The highest BCUT2D eigenvalue weighted by atomic mass is 14.0. The van der Waals surface area contributed by atoms with Crippen LogP contribution in [0.2, 0.25) is 0 Å². The molecule has 32 heavy (non-hydrogen) atoms. The van der Waals surface area contributed by atoms with Gasteiger partial charge in [-0.1, -0.05) is 167 Å². The van der Waals surface area contributed by atoms with Crippen LogP contribution in [-0.4, -0.2) is 0 Å². The molecule has 1 radical (unpaired) electrons. The number of allylic oxidation sites excluding steroid dienone is 2. The Bertz CT molecular complexity index is 353. The molecule has 0 fully saturated rings. The zero-order chi connectivity index (χ0) is 23.4. The molecule has 0 N–H and O–H groups in total. The normalized spacial score (nSPS) is 12.0. The first-order valence-corrected chi connectivity index (χ1v) is 15.4. The number of hydrogen-bond donors (Lipinski definition) is 0. The van der Waals surface area contributed by atoms with Gasteiger partial charge in [0.25, 0.3) is 0 Å². The van der Waals surface area contributed by atoms with E-state index >= 15 is 0 Å². The fourth-order valence-electron chi connectivity index (χ4n) is 4.76. The lowest BCUT2D eigenvalue weighted by molar-refractivity contribution is 0.532. The van der Waals surface area contributed by atoms with Crippen molar-refractivity contribution in [1.82, 2.24) is 0 Å². The molecule has 0 saturated carbocycles.